The van der Waals surface area contributed by atoms with E-state index in [2.05, 4.69) is 38.3 Å². The Balaban J connectivity index is 1.92. The highest BCUT2D eigenvalue weighted by Crippen LogP contribution is 2.30. The van der Waals surface area contributed by atoms with E-state index in [9.17, 15) is 4.39 Å². The van der Waals surface area contributed by atoms with Crippen LogP contribution in [0.3, 0.4) is 0 Å². The summed E-state index contributed by atoms with van der Waals surface area (Å²) in [7, 11) is 0. The normalized spacial score (nSPS) is 22.9. The lowest BCUT2D eigenvalue weighted by Crippen LogP contribution is -2.08. The Morgan fingerprint density at radius 3 is 2.95 bits per heavy atom. The number of aromatic nitrogens is 2. The van der Waals surface area contributed by atoms with Crippen LogP contribution in [0.2, 0.25) is 0 Å². The second-order valence-electron chi connectivity index (χ2n) is 4.82. The molecule has 6 heteroatoms. The van der Waals surface area contributed by atoms with Gasteiger partial charge in [-0.15, -0.1) is 0 Å². The van der Waals surface area contributed by atoms with Crippen LogP contribution in [-0.4, -0.2) is 23.2 Å². The first-order chi connectivity index (χ1) is 9.15. The fourth-order valence-corrected chi connectivity index (χ4v) is 2.83. The quantitative estimate of drug-likeness (QED) is 0.922. The summed E-state index contributed by atoms with van der Waals surface area (Å²) in [5.74, 6) is 1.56. The van der Waals surface area contributed by atoms with E-state index in [-0.39, 0.29) is 11.7 Å². The largest absolute Gasteiger partial charge is 0.339 e. The summed E-state index contributed by atoms with van der Waals surface area (Å²) in [5.41, 5.74) is 0.731. The van der Waals surface area contributed by atoms with Crippen LogP contribution in [0.5, 0.6) is 0 Å². The van der Waals surface area contributed by atoms with Gasteiger partial charge in [-0.1, -0.05) is 12.1 Å². The minimum atomic E-state index is -0.298. The number of benzene rings is 1. The van der Waals surface area contributed by atoms with E-state index in [1.807, 2.05) is 0 Å². The van der Waals surface area contributed by atoms with Gasteiger partial charge in [-0.3, -0.25) is 0 Å². The summed E-state index contributed by atoms with van der Waals surface area (Å²) in [5, 5.41) is 7.29. The van der Waals surface area contributed by atoms with Crippen LogP contribution in [0.25, 0.3) is 11.4 Å². The number of nitrogens with one attached hydrogen (secondary N) is 1. The Hall–Kier alpha value is -1.27. The van der Waals surface area contributed by atoms with Crippen LogP contribution in [0.15, 0.2) is 27.2 Å². The maximum absolute atomic E-state index is 13.1. The van der Waals surface area contributed by atoms with E-state index in [1.54, 1.807) is 6.07 Å². The predicted octanol–water partition coefficient (Wildman–Crippen LogP) is 2.96. The molecule has 4 nitrogen and oxygen atoms in total. The van der Waals surface area contributed by atoms with Crippen LogP contribution >= 0.6 is 15.9 Å². The van der Waals surface area contributed by atoms with Crippen molar-refractivity contribution >= 4 is 15.9 Å². The predicted molar refractivity (Wildman–Crippen MR) is 72.2 cm³/mol. The van der Waals surface area contributed by atoms with Gasteiger partial charge in [0.15, 0.2) is 0 Å². The molecule has 3 rings (SSSR count). The van der Waals surface area contributed by atoms with Crippen molar-refractivity contribution < 1.29 is 8.91 Å². The molecule has 0 bridgehead atoms. The minimum absolute atomic E-state index is 0.250. The minimum Gasteiger partial charge on any atom is -0.339 e. The highest BCUT2D eigenvalue weighted by Gasteiger charge is 2.29. The molecule has 1 fully saturated rings. The van der Waals surface area contributed by atoms with Crippen LogP contribution in [-0.2, 0) is 0 Å². The van der Waals surface area contributed by atoms with Gasteiger partial charge < -0.3 is 9.84 Å². The van der Waals surface area contributed by atoms with Gasteiger partial charge in [0.2, 0.25) is 11.7 Å². The van der Waals surface area contributed by atoms with Crippen molar-refractivity contribution in [3.8, 4) is 11.4 Å². The van der Waals surface area contributed by atoms with Crippen molar-refractivity contribution in [3.63, 3.8) is 0 Å². The SMILES string of the molecule is C[C@@H]1CNC[C@H]1c1nc(-c2ccc(F)cc2Br)no1. The second-order valence-corrected chi connectivity index (χ2v) is 5.68. The van der Waals surface area contributed by atoms with Crippen molar-refractivity contribution in [3.05, 3.63) is 34.4 Å². The number of hydrogen-bond donors (Lipinski definition) is 1. The highest BCUT2D eigenvalue weighted by atomic mass is 79.9. The fraction of sp³-hybridized carbons (Fsp3) is 0.385. The van der Waals surface area contributed by atoms with Crippen molar-refractivity contribution in [2.45, 2.75) is 12.8 Å². The number of hydrogen-bond acceptors (Lipinski definition) is 4. The summed E-state index contributed by atoms with van der Waals surface area (Å²) in [6.45, 7) is 3.97. The summed E-state index contributed by atoms with van der Waals surface area (Å²) in [4.78, 5) is 4.43. The zero-order chi connectivity index (χ0) is 13.4. The molecular formula is C13H13BrFN3O. The molecule has 0 spiro atoms. The highest BCUT2D eigenvalue weighted by molar-refractivity contribution is 9.10. The third kappa shape index (κ3) is 2.42. The molecule has 100 valence electrons. The molecule has 0 saturated carbocycles. The van der Waals surface area contributed by atoms with Gasteiger partial charge in [0, 0.05) is 16.6 Å². The van der Waals surface area contributed by atoms with E-state index in [0.717, 1.165) is 18.7 Å². The molecule has 19 heavy (non-hydrogen) atoms. The Bertz CT molecular complexity index is 601. The molecule has 0 radical (unpaired) electrons. The molecule has 1 aliphatic rings. The monoisotopic (exact) mass is 325 g/mol. The van der Waals surface area contributed by atoms with Gasteiger partial charge >= 0.3 is 0 Å². The van der Waals surface area contributed by atoms with Gasteiger partial charge in [-0.25, -0.2) is 4.39 Å². The molecule has 1 saturated heterocycles. The lowest BCUT2D eigenvalue weighted by atomic mass is 9.98. The summed E-state index contributed by atoms with van der Waals surface area (Å²) >= 11 is 3.31. The molecule has 2 heterocycles. The van der Waals surface area contributed by atoms with Gasteiger partial charge in [-0.2, -0.15) is 4.98 Å². The van der Waals surface area contributed by atoms with E-state index < -0.39 is 0 Å². The summed E-state index contributed by atoms with van der Waals surface area (Å²) in [6.07, 6.45) is 0. The van der Waals surface area contributed by atoms with Gasteiger partial charge in [0.1, 0.15) is 5.82 Å². The first kappa shape index (κ1) is 12.7. The maximum Gasteiger partial charge on any atom is 0.231 e. The van der Waals surface area contributed by atoms with E-state index in [1.165, 1.54) is 12.1 Å². The second kappa shape index (κ2) is 5.02. The third-order valence-corrected chi connectivity index (χ3v) is 4.10. The first-order valence-electron chi connectivity index (χ1n) is 6.15. The first-order valence-corrected chi connectivity index (χ1v) is 6.94. The van der Waals surface area contributed by atoms with Gasteiger partial charge in [0.25, 0.3) is 0 Å². The molecule has 2 atom stereocenters. The van der Waals surface area contributed by atoms with E-state index >= 15 is 0 Å². The average molecular weight is 326 g/mol. The molecule has 1 aliphatic heterocycles. The fourth-order valence-electron chi connectivity index (χ4n) is 2.31. The number of halogens is 2. The number of rotatable bonds is 2. The topological polar surface area (TPSA) is 51.0 Å². The smallest absolute Gasteiger partial charge is 0.231 e. The lowest BCUT2D eigenvalue weighted by Gasteiger charge is -2.07. The van der Waals surface area contributed by atoms with Gasteiger partial charge in [-0.05, 0) is 46.6 Å². The van der Waals surface area contributed by atoms with E-state index in [4.69, 9.17) is 4.52 Å². The molecule has 0 aliphatic carbocycles. The number of nitrogens with zero attached hydrogens (tertiary/aromatic N) is 2. The zero-order valence-electron chi connectivity index (χ0n) is 10.4. The lowest BCUT2D eigenvalue weighted by molar-refractivity contribution is 0.340. The Morgan fingerprint density at radius 2 is 2.26 bits per heavy atom. The summed E-state index contributed by atoms with van der Waals surface area (Å²) in [6, 6.07) is 4.42. The zero-order valence-corrected chi connectivity index (χ0v) is 11.9. The molecule has 0 amide bonds. The van der Waals surface area contributed by atoms with Crippen LogP contribution < -0.4 is 5.32 Å². The van der Waals surface area contributed by atoms with Crippen LogP contribution in [0, 0.1) is 11.7 Å². The average Bonchev–Trinajstić information content (AvgIpc) is 2.97. The van der Waals surface area contributed by atoms with Crippen molar-refractivity contribution in [1.82, 2.24) is 15.5 Å². The Kier molecular flexibility index (Phi) is 3.36. The summed E-state index contributed by atoms with van der Waals surface area (Å²) < 4.78 is 19.0. The molecule has 0 unspecified atom stereocenters. The van der Waals surface area contributed by atoms with Gasteiger partial charge in [0.05, 0.1) is 5.92 Å². The standard InChI is InChI=1S/C13H13BrFN3O/c1-7-5-16-6-10(7)13-17-12(18-19-13)9-3-2-8(15)4-11(9)14/h2-4,7,10,16H,5-6H2,1H3/t7-,10-/m1/s1. The maximum atomic E-state index is 13.1. The van der Waals surface area contributed by atoms with Crippen LogP contribution in [0.1, 0.15) is 18.7 Å². The molecule has 1 aromatic heterocycles. The third-order valence-electron chi connectivity index (χ3n) is 3.45. The Morgan fingerprint density at radius 1 is 1.42 bits per heavy atom. The molecule has 2 aromatic rings. The van der Waals surface area contributed by atoms with Crippen LogP contribution in [0.4, 0.5) is 4.39 Å². The van der Waals surface area contributed by atoms with Crippen molar-refractivity contribution in [2.24, 2.45) is 5.92 Å². The Labute approximate surface area is 118 Å². The van der Waals surface area contributed by atoms with E-state index in [0.29, 0.717) is 22.1 Å². The van der Waals surface area contributed by atoms with Crippen molar-refractivity contribution in [1.29, 1.82) is 0 Å². The van der Waals surface area contributed by atoms with Crippen molar-refractivity contribution in [2.75, 3.05) is 13.1 Å². The molecule has 1 aromatic carbocycles. The molecular weight excluding hydrogens is 313 g/mol. The molecule has 1 N–H and O–H groups in total.